The number of hydrogen-bond acceptors (Lipinski definition) is 4. The number of nitrogens with zero attached hydrogens (tertiary/aromatic N) is 4. The minimum atomic E-state index is -4.28. The normalized spacial score (nSPS) is 20.9. The number of nitrogens with one attached hydrogen (secondary N) is 1. The van der Waals surface area contributed by atoms with E-state index < -0.39 is 58.4 Å². The summed E-state index contributed by atoms with van der Waals surface area (Å²) in [5, 5.41) is 6.27. The fraction of sp³-hybridized carbons (Fsp3) is 0.444. The number of amides is 2. The summed E-state index contributed by atoms with van der Waals surface area (Å²) in [5.74, 6) is -7.78. The van der Waals surface area contributed by atoms with Gasteiger partial charge in [0.2, 0.25) is 10.0 Å². The van der Waals surface area contributed by atoms with Gasteiger partial charge in [0.1, 0.15) is 4.90 Å². The molecule has 0 radical (unpaired) electrons. The number of rotatable bonds is 3. The van der Waals surface area contributed by atoms with Crippen LogP contribution < -0.4 is 5.32 Å². The monoisotopic (exact) mass is 479 g/mol. The highest BCUT2D eigenvalue weighted by molar-refractivity contribution is 7.89. The van der Waals surface area contributed by atoms with E-state index in [0.29, 0.717) is 16.4 Å². The Morgan fingerprint density at radius 3 is 2.47 bits per heavy atom. The molecule has 1 saturated heterocycles. The molecule has 1 fully saturated rings. The van der Waals surface area contributed by atoms with Crippen LogP contribution in [0, 0.1) is 17.5 Å². The molecular formula is C18H18F5N5O3S. The third-order valence-corrected chi connectivity index (χ3v) is 7.34. The molecule has 4 rings (SSSR count). The number of alkyl halides is 2. The fourth-order valence-electron chi connectivity index (χ4n) is 3.74. The van der Waals surface area contributed by atoms with E-state index in [4.69, 9.17) is 0 Å². The minimum absolute atomic E-state index is 0.0978. The van der Waals surface area contributed by atoms with Gasteiger partial charge < -0.3 is 10.2 Å². The number of carbonyl (C=O) groups is 1. The molecule has 3 heterocycles. The first-order valence-corrected chi connectivity index (χ1v) is 11.0. The fourth-order valence-corrected chi connectivity index (χ4v) is 5.35. The molecule has 14 heteroatoms. The molecule has 1 atom stereocenters. The third-order valence-electron chi connectivity index (χ3n) is 5.45. The molecule has 2 aliphatic heterocycles. The molecule has 0 bridgehead atoms. The number of fused-ring (bicyclic) bond motifs is 1. The number of carbonyl (C=O) groups excluding carboxylic acids is 1. The van der Waals surface area contributed by atoms with Crippen LogP contribution in [0.4, 0.5) is 32.4 Å². The van der Waals surface area contributed by atoms with Gasteiger partial charge in [-0.3, -0.25) is 4.68 Å². The number of hydrogen-bond donors (Lipinski definition) is 1. The Morgan fingerprint density at radius 1 is 1.22 bits per heavy atom. The summed E-state index contributed by atoms with van der Waals surface area (Å²) in [6.07, 6.45) is 0.464. The van der Waals surface area contributed by atoms with Gasteiger partial charge in [0.15, 0.2) is 17.5 Å². The summed E-state index contributed by atoms with van der Waals surface area (Å²) in [6, 6.07) is -0.0901. The molecule has 2 aromatic rings. The first-order chi connectivity index (χ1) is 14.9. The van der Waals surface area contributed by atoms with Crippen molar-refractivity contribution in [3.8, 4) is 0 Å². The summed E-state index contributed by atoms with van der Waals surface area (Å²) >= 11 is 0. The molecular weight excluding hydrogens is 461 g/mol. The smallest absolute Gasteiger partial charge is 0.314 e. The molecule has 174 valence electrons. The van der Waals surface area contributed by atoms with Crippen LogP contribution in [0.3, 0.4) is 0 Å². The molecule has 0 aliphatic carbocycles. The van der Waals surface area contributed by atoms with E-state index in [9.17, 15) is 35.2 Å². The van der Waals surface area contributed by atoms with Crippen molar-refractivity contribution in [2.75, 3.05) is 18.4 Å². The lowest BCUT2D eigenvalue weighted by molar-refractivity contribution is 0.0183. The van der Waals surface area contributed by atoms with Crippen LogP contribution in [0.2, 0.25) is 0 Å². The van der Waals surface area contributed by atoms with E-state index in [1.165, 1.54) is 9.58 Å². The zero-order valence-corrected chi connectivity index (χ0v) is 17.5. The standard InChI is InChI=1S/C18H18F5N5O3S/c1-10-7-28-14(15(6-24-28)32(30,31)26-3-2-18(22,23)9-26)8-27(10)17(29)25-11-4-12(19)16(21)13(20)5-11/h4-6,10H,2-3,7-9H2,1H3,(H,25,29)/t10-/m0/s1. The third kappa shape index (κ3) is 3.92. The van der Waals surface area contributed by atoms with Crippen molar-refractivity contribution in [1.29, 1.82) is 0 Å². The van der Waals surface area contributed by atoms with Crippen LogP contribution in [-0.4, -0.2) is 58.5 Å². The van der Waals surface area contributed by atoms with Crippen LogP contribution in [0.5, 0.6) is 0 Å². The average molecular weight is 479 g/mol. The zero-order valence-electron chi connectivity index (χ0n) is 16.7. The lowest BCUT2D eigenvalue weighted by Gasteiger charge is -2.34. The van der Waals surface area contributed by atoms with Crippen LogP contribution in [0.15, 0.2) is 23.2 Å². The zero-order chi connectivity index (χ0) is 23.4. The molecule has 2 amide bonds. The first kappa shape index (κ1) is 22.5. The van der Waals surface area contributed by atoms with Crippen molar-refractivity contribution in [1.82, 2.24) is 19.0 Å². The van der Waals surface area contributed by atoms with Crippen molar-refractivity contribution in [3.05, 3.63) is 41.5 Å². The maximum Gasteiger partial charge on any atom is 0.322 e. The van der Waals surface area contributed by atoms with Crippen LogP contribution in [0.25, 0.3) is 0 Å². The summed E-state index contributed by atoms with van der Waals surface area (Å²) in [4.78, 5) is 13.6. The highest BCUT2D eigenvalue weighted by Crippen LogP contribution is 2.33. The summed E-state index contributed by atoms with van der Waals surface area (Å²) < 4.78 is 95.0. The van der Waals surface area contributed by atoms with Gasteiger partial charge >= 0.3 is 6.03 Å². The summed E-state index contributed by atoms with van der Waals surface area (Å²) in [7, 11) is -4.28. The van der Waals surface area contributed by atoms with E-state index in [1.807, 2.05) is 0 Å². The predicted octanol–water partition coefficient (Wildman–Crippen LogP) is 2.77. The van der Waals surface area contributed by atoms with E-state index in [0.717, 1.165) is 6.20 Å². The second kappa shape index (κ2) is 7.69. The van der Waals surface area contributed by atoms with Crippen molar-refractivity contribution in [2.24, 2.45) is 0 Å². The quantitative estimate of drug-likeness (QED) is 0.542. The molecule has 2 aliphatic rings. The topological polar surface area (TPSA) is 87.5 Å². The SMILES string of the molecule is C[C@H]1Cn2ncc(S(=O)(=O)N3CCC(F)(F)C3)c2CN1C(=O)Nc1cc(F)c(F)c(F)c1. The van der Waals surface area contributed by atoms with E-state index in [2.05, 4.69) is 10.4 Å². The summed E-state index contributed by atoms with van der Waals surface area (Å²) in [6.45, 7) is 0.203. The maximum absolute atomic E-state index is 13.5. The van der Waals surface area contributed by atoms with Crippen molar-refractivity contribution in [2.45, 2.75) is 43.3 Å². The molecule has 32 heavy (non-hydrogen) atoms. The number of benzene rings is 1. The molecule has 1 aromatic heterocycles. The Morgan fingerprint density at radius 2 is 1.88 bits per heavy atom. The lowest BCUT2D eigenvalue weighted by atomic mass is 10.2. The number of aromatic nitrogens is 2. The molecule has 0 spiro atoms. The number of sulfonamides is 1. The maximum atomic E-state index is 13.5. The number of urea groups is 1. The van der Waals surface area contributed by atoms with Gasteiger partial charge in [-0.1, -0.05) is 0 Å². The van der Waals surface area contributed by atoms with Crippen LogP contribution in [-0.2, 0) is 23.1 Å². The highest BCUT2D eigenvalue weighted by atomic mass is 32.2. The van der Waals surface area contributed by atoms with Gasteiger partial charge in [-0.25, -0.2) is 35.2 Å². The van der Waals surface area contributed by atoms with Crippen LogP contribution in [0.1, 0.15) is 19.0 Å². The predicted molar refractivity (Wildman–Crippen MR) is 101 cm³/mol. The van der Waals surface area contributed by atoms with Crippen molar-refractivity contribution in [3.63, 3.8) is 0 Å². The van der Waals surface area contributed by atoms with E-state index in [-0.39, 0.29) is 35.9 Å². The van der Waals surface area contributed by atoms with E-state index in [1.54, 1.807) is 6.92 Å². The van der Waals surface area contributed by atoms with Gasteiger partial charge in [-0.15, -0.1) is 0 Å². The van der Waals surface area contributed by atoms with Gasteiger partial charge in [0.25, 0.3) is 5.92 Å². The van der Waals surface area contributed by atoms with Gasteiger partial charge in [0.05, 0.1) is 37.6 Å². The Labute approximate surface area is 179 Å². The first-order valence-electron chi connectivity index (χ1n) is 9.54. The Bertz CT molecular complexity index is 1160. The van der Waals surface area contributed by atoms with Gasteiger partial charge in [-0.05, 0) is 6.92 Å². The minimum Gasteiger partial charge on any atom is -0.314 e. The van der Waals surface area contributed by atoms with E-state index >= 15 is 0 Å². The number of halogens is 5. The van der Waals surface area contributed by atoms with Crippen LogP contribution >= 0.6 is 0 Å². The lowest BCUT2D eigenvalue weighted by Crippen LogP contribution is -2.47. The largest absolute Gasteiger partial charge is 0.322 e. The molecule has 1 N–H and O–H groups in total. The highest BCUT2D eigenvalue weighted by Gasteiger charge is 2.45. The Balaban J connectivity index is 1.58. The molecule has 0 unspecified atom stereocenters. The number of anilines is 1. The molecule has 1 aromatic carbocycles. The van der Waals surface area contributed by atoms with Crippen molar-refractivity contribution >= 4 is 21.7 Å². The molecule has 0 saturated carbocycles. The van der Waals surface area contributed by atoms with Gasteiger partial charge in [-0.2, -0.15) is 9.40 Å². The average Bonchev–Trinajstić information content (AvgIpc) is 3.28. The second-order valence-corrected chi connectivity index (χ2v) is 9.65. The van der Waals surface area contributed by atoms with Crippen molar-refractivity contribution < 1.29 is 35.2 Å². The summed E-state index contributed by atoms with van der Waals surface area (Å²) in [5.41, 5.74) is -0.213. The second-order valence-electron chi connectivity index (χ2n) is 7.74. The molecule has 8 nitrogen and oxygen atoms in total. The van der Waals surface area contributed by atoms with Gasteiger partial charge in [0, 0.05) is 30.8 Å². The Hall–Kier alpha value is -2.74. The Kier molecular flexibility index (Phi) is 5.40.